The van der Waals surface area contributed by atoms with Gasteiger partial charge in [-0.3, -0.25) is 9.69 Å². The third kappa shape index (κ3) is 3.41. The maximum Gasteiger partial charge on any atom is 0.254 e. The topological polar surface area (TPSA) is 69.2 Å². The van der Waals surface area contributed by atoms with Crippen molar-refractivity contribution < 1.29 is 5.11 Å². The summed E-state index contributed by atoms with van der Waals surface area (Å²) in [6.07, 6.45) is 2.41. The molecule has 0 unspecified atom stereocenters. The summed E-state index contributed by atoms with van der Waals surface area (Å²) in [7, 11) is 0. The Morgan fingerprint density at radius 2 is 2.26 bits per heavy atom. The summed E-state index contributed by atoms with van der Waals surface area (Å²) in [5, 5.41) is 10.1. The van der Waals surface area contributed by atoms with Crippen LogP contribution in [0.5, 0.6) is 5.75 Å². The number of nitrogens with one attached hydrogen (secondary N) is 1. The monoisotopic (exact) mass is 333 g/mol. The van der Waals surface area contributed by atoms with Crippen LogP contribution in [0, 0.1) is 0 Å². The molecule has 23 heavy (non-hydrogen) atoms. The van der Waals surface area contributed by atoms with Crippen LogP contribution >= 0.6 is 11.6 Å². The highest BCUT2D eigenvalue weighted by Gasteiger charge is 2.21. The predicted molar refractivity (Wildman–Crippen MR) is 89.8 cm³/mol. The van der Waals surface area contributed by atoms with E-state index in [9.17, 15) is 9.90 Å². The van der Waals surface area contributed by atoms with Crippen LogP contribution in [0.3, 0.4) is 0 Å². The van der Waals surface area contributed by atoms with Crippen molar-refractivity contribution in [2.24, 2.45) is 0 Å². The van der Waals surface area contributed by atoms with Gasteiger partial charge < -0.3 is 10.1 Å². The maximum atomic E-state index is 12.2. The van der Waals surface area contributed by atoms with E-state index in [-0.39, 0.29) is 11.3 Å². The number of fused-ring (bicyclic) bond motifs is 1. The molecule has 1 aromatic heterocycles. The Bertz CT molecular complexity index is 773. The highest BCUT2D eigenvalue weighted by Crippen LogP contribution is 2.28. The van der Waals surface area contributed by atoms with Gasteiger partial charge in [0.15, 0.2) is 0 Å². The lowest BCUT2D eigenvalue weighted by atomic mass is 10.1. The van der Waals surface area contributed by atoms with Gasteiger partial charge in [0.05, 0.1) is 10.7 Å². The van der Waals surface area contributed by atoms with Crippen molar-refractivity contribution >= 4 is 11.6 Å². The molecule has 0 spiro atoms. The summed E-state index contributed by atoms with van der Waals surface area (Å²) < 4.78 is 0. The van der Waals surface area contributed by atoms with Gasteiger partial charge in [0, 0.05) is 31.6 Å². The zero-order valence-corrected chi connectivity index (χ0v) is 13.9. The van der Waals surface area contributed by atoms with Crippen LogP contribution < -0.4 is 5.56 Å². The standard InChI is InChI=1S/C17H20ClN3O2/c1-2-4-15-19-13-10-21(8-7-12(13)17(23)20-15)9-11-5-3-6-14(22)16(11)18/h3,5-6,22H,2,4,7-10H2,1H3,(H,19,20,23). The highest BCUT2D eigenvalue weighted by molar-refractivity contribution is 6.32. The van der Waals surface area contributed by atoms with Gasteiger partial charge in [0.25, 0.3) is 5.56 Å². The van der Waals surface area contributed by atoms with E-state index in [1.54, 1.807) is 12.1 Å². The number of aromatic amines is 1. The molecule has 1 aliphatic heterocycles. The number of halogens is 1. The smallest absolute Gasteiger partial charge is 0.254 e. The molecule has 0 radical (unpaired) electrons. The molecule has 0 amide bonds. The molecule has 0 aliphatic carbocycles. The molecular formula is C17H20ClN3O2. The van der Waals surface area contributed by atoms with Crippen LogP contribution in [0.2, 0.25) is 5.02 Å². The van der Waals surface area contributed by atoms with Gasteiger partial charge in [-0.25, -0.2) is 4.98 Å². The summed E-state index contributed by atoms with van der Waals surface area (Å²) in [6.45, 7) is 4.10. The summed E-state index contributed by atoms with van der Waals surface area (Å²) in [6, 6.07) is 5.28. The summed E-state index contributed by atoms with van der Waals surface area (Å²) in [4.78, 5) is 21.8. The molecular weight excluding hydrogens is 314 g/mol. The Labute approximate surface area is 139 Å². The number of phenols is 1. The summed E-state index contributed by atoms with van der Waals surface area (Å²) in [5.74, 6) is 0.856. The maximum absolute atomic E-state index is 12.2. The number of nitrogens with zero attached hydrogens (tertiary/aromatic N) is 2. The van der Waals surface area contributed by atoms with Gasteiger partial charge >= 0.3 is 0 Å². The Hall–Kier alpha value is -1.85. The summed E-state index contributed by atoms with van der Waals surface area (Å²) >= 11 is 6.16. The number of H-pyrrole nitrogens is 1. The van der Waals surface area contributed by atoms with Gasteiger partial charge in [0.2, 0.25) is 0 Å². The number of aromatic nitrogens is 2. The first-order valence-electron chi connectivity index (χ1n) is 7.88. The minimum atomic E-state index is -0.00603. The third-order valence-corrected chi connectivity index (χ3v) is 4.58. The number of aryl methyl sites for hydroxylation is 1. The minimum absolute atomic E-state index is 0.00603. The fourth-order valence-electron chi connectivity index (χ4n) is 2.96. The molecule has 0 fully saturated rings. The third-order valence-electron chi connectivity index (χ3n) is 4.14. The average Bonchev–Trinajstić information content (AvgIpc) is 2.52. The predicted octanol–water partition coefficient (Wildman–Crippen LogP) is 2.64. The zero-order chi connectivity index (χ0) is 16.4. The number of aromatic hydroxyl groups is 1. The second-order valence-corrected chi connectivity index (χ2v) is 6.28. The van der Waals surface area contributed by atoms with Crippen LogP contribution in [0.4, 0.5) is 0 Å². The second-order valence-electron chi connectivity index (χ2n) is 5.90. The van der Waals surface area contributed by atoms with Crippen molar-refractivity contribution in [3.63, 3.8) is 0 Å². The Kier molecular flexibility index (Phi) is 4.68. The lowest BCUT2D eigenvalue weighted by Gasteiger charge is -2.28. The van der Waals surface area contributed by atoms with E-state index >= 15 is 0 Å². The van der Waals surface area contributed by atoms with E-state index in [0.29, 0.717) is 24.5 Å². The molecule has 5 nitrogen and oxygen atoms in total. The molecule has 1 aliphatic rings. The highest BCUT2D eigenvalue weighted by atomic mass is 35.5. The molecule has 6 heteroatoms. The van der Waals surface area contributed by atoms with Gasteiger partial charge in [-0.15, -0.1) is 0 Å². The lowest BCUT2D eigenvalue weighted by molar-refractivity contribution is 0.240. The fraction of sp³-hybridized carbons (Fsp3) is 0.412. The zero-order valence-electron chi connectivity index (χ0n) is 13.1. The van der Waals surface area contributed by atoms with Crippen LogP contribution in [0.1, 0.15) is 36.0 Å². The molecule has 0 atom stereocenters. The molecule has 122 valence electrons. The van der Waals surface area contributed by atoms with Crippen molar-refractivity contribution in [1.82, 2.24) is 14.9 Å². The van der Waals surface area contributed by atoms with Crippen LogP contribution in [-0.2, 0) is 25.9 Å². The van der Waals surface area contributed by atoms with E-state index in [0.717, 1.165) is 42.0 Å². The molecule has 2 aromatic rings. The molecule has 1 aromatic carbocycles. The molecule has 0 bridgehead atoms. The van der Waals surface area contributed by atoms with Crippen LogP contribution in [-0.4, -0.2) is 26.5 Å². The SMILES string of the molecule is CCCc1nc2c(c(=O)[nH]1)CCN(Cc1cccc(O)c1Cl)C2. The van der Waals surface area contributed by atoms with Gasteiger partial charge in [-0.2, -0.15) is 0 Å². The lowest BCUT2D eigenvalue weighted by Crippen LogP contribution is -2.35. The summed E-state index contributed by atoms with van der Waals surface area (Å²) in [5.41, 5.74) is 2.53. The molecule has 0 saturated heterocycles. The normalized spacial score (nSPS) is 14.7. The van der Waals surface area contributed by atoms with Crippen molar-refractivity contribution in [1.29, 1.82) is 0 Å². The second kappa shape index (κ2) is 6.72. The van der Waals surface area contributed by atoms with E-state index in [1.807, 2.05) is 6.07 Å². The van der Waals surface area contributed by atoms with Gasteiger partial charge in [-0.05, 0) is 24.5 Å². The van der Waals surface area contributed by atoms with E-state index in [2.05, 4.69) is 21.8 Å². The molecule has 3 rings (SSSR count). The first-order chi connectivity index (χ1) is 11.1. The Balaban J connectivity index is 1.82. The number of hydrogen-bond donors (Lipinski definition) is 2. The number of rotatable bonds is 4. The number of hydrogen-bond acceptors (Lipinski definition) is 4. The van der Waals surface area contributed by atoms with Crippen molar-refractivity contribution in [2.45, 2.75) is 39.3 Å². The fourth-order valence-corrected chi connectivity index (χ4v) is 3.15. The molecule has 2 N–H and O–H groups in total. The van der Waals surface area contributed by atoms with Gasteiger partial charge in [0.1, 0.15) is 11.6 Å². The Morgan fingerprint density at radius 1 is 1.43 bits per heavy atom. The number of phenolic OH excluding ortho intramolecular Hbond substituents is 1. The van der Waals surface area contributed by atoms with E-state index in [1.165, 1.54) is 0 Å². The first-order valence-corrected chi connectivity index (χ1v) is 8.26. The first kappa shape index (κ1) is 16.0. The van der Waals surface area contributed by atoms with Crippen molar-refractivity contribution in [2.75, 3.05) is 6.54 Å². The van der Waals surface area contributed by atoms with Gasteiger partial charge in [-0.1, -0.05) is 30.7 Å². The minimum Gasteiger partial charge on any atom is -0.506 e. The number of benzene rings is 1. The van der Waals surface area contributed by atoms with Crippen LogP contribution in [0.25, 0.3) is 0 Å². The molecule has 0 saturated carbocycles. The van der Waals surface area contributed by atoms with Crippen molar-refractivity contribution in [3.05, 3.63) is 56.2 Å². The largest absolute Gasteiger partial charge is 0.506 e. The quantitative estimate of drug-likeness (QED) is 0.902. The van der Waals surface area contributed by atoms with Crippen molar-refractivity contribution in [3.8, 4) is 5.75 Å². The van der Waals surface area contributed by atoms with E-state index < -0.39 is 0 Å². The molecule has 2 heterocycles. The Morgan fingerprint density at radius 3 is 3.04 bits per heavy atom. The van der Waals surface area contributed by atoms with Crippen LogP contribution in [0.15, 0.2) is 23.0 Å². The average molecular weight is 334 g/mol. The van der Waals surface area contributed by atoms with E-state index in [4.69, 9.17) is 11.6 Å².